The number of hydrogen-bond donors (Lipinski definition) is 0. The molecule has 0 atom stereocenters. The first kappa shape index (κ1) is 8.76. The molecule has 1 aliphatic rings. The smallest absolute Gasteiger partial charge is 0.0876 e. The van der Waals surface area contributed by atoms with E-state index in [0.29, 0.717) is 0 Å². The summed E-state index contributed by atoms with van der Waals surface area (Å²) < 4.78 is 2.22. The molecule has 0 amide bonds. The summed E-state index contributed by atoms with van der Waals surface area (Å²) in [6, 6.07) is 16.7. The number of rotatable bonds is 0. The predicted molar refractivity (Wildman–Crippen MR) is 70.5 cm³/mol. The maximum Gasteiger partial charge on any atom is 0.0876 e. The first-order valence-electron chi connectivity index (χ1n) is 5.67. The highest BCUT2D eigenvalue weighted by Gasteiger charge is 2.12. The molecule has 0 saturated heterocycles. The highest BCUT2D eigenvalue weighted by Crippen LogP contribution is 2.32. The first-order chi connectivity index (χ1) is 8.43. The predicted octanol–water partition coefficient (Wildman–Crippen LogP) is 3.69. The van der Waals surface area contributed by atoms with Gasteiger partial charge >= 0.3 is 0 Å². The van der Waals surface area contributed by atoms with Crippen LogP contribution in [0, 0.1) is 0 Å². The molecule has 0 radical (unpaired) electrons. The third kappa shape index (κ3) is 1.12. The normalized spacial score (nSPS) is 12.5. The van der Waals surface area contributed by atoms with E-state index >= 15 is 0 Å². The fraction of sp³-hybridized carbons (Fsp3) is 0. The molecule has 17 heavy (non-hydrogen) atoms. The SMILES string of the molecule is C1=Nc2cccc3ccn(c23)-c2ccccc21. The maximum absolute atomic E-state index is 4.57. The van der Waals surface area contributed by atoms with Gasteiger partial charge in [0.25, 0.3) is 0 Å². The van der Waals surface area contributed by atoms with Crippen molar-refractivity contribution in [3.8, 4) is 5.69 Å². The third-order valence-electron chi connectivity index (χ3n) is 3.23. The summed E-state index contributed by atoms with van der Waals surface area (Å²) in [6.45, 7) is 0. The second-order valence-corrected chi connectivity index (χ2v) is 4.22. The topological polar surface area (TPSA) is 17.3 Å². The van der Waals surface area contributed by atoms with Gasteiger partial charge < -0.3 is 4.57 Å². The molecule has 0 N–H and O–H groups in total. The van der Waals surface area contributed by atoms with Crippen LogP contribution in [0.1, 0.15) is 5.56 Å². The lowest BCUT2D eigenvalue weighted by Crippen LogP contribution is -1.94. The lowest BCUT2D eigenvalue weighted by atomic mass is 10.2. The minimum atomic E-state index is 1.03. The van der Waals surface area contributed by atoms with Crippen LogP contribution in [0.3, 0.4) is 0 Å². The molecule has 2 nitrogen and oxygen atoms in total. The average molecular weight is 218 g/mol. The Hall–Kier alpha value is -2.35. The first-order valence-corrected chi connectivity index (χ1v) is 5.67. The molecule has 0 bridgehead atoms. The Kier molecular flexibility index (Phi) is 1.59. The van der Waals surface area contributed by atoms with Crippen molar-refractivity contribution in [3.63, 3.8) is 0 Å². The molecule has 1 aromatic heterocycles. The molecule has 0 spiro atoms. The third-order valence-corrected chi connectivity index (χ3v) is 3.23. The Morgan fingerprint density at radius 2 is 1.82 bits per heavy atom. The Morgan fingerprint density at radius 3 is 2.82 bits per heavy atom. The molecule has 2 heterocycles. The van der Waals surface area contributed by atoms with Gasteiger partial charge in [0.05, 0.1) is 16.9 Å². The molecule has 0 saturated carbocycles. The zero-order valence-electron chi connectivity index (χ0n) is 9.17. The number of fused-ring (bicyclic) bond motifs is 2. The molecule has 4 rings (SSSR count). The van der Waals surface area contributed by atoms with E-state index in [4.69, 9.17) is 0 Å². The quantitative estimate of drug-likeness (QED) is 0.428. The molecule has 80 valence electrons. The maximum atomic E-state index is 4.57. The minimum Gasteiger partial charge on any atom is -0.314 e. The summed E-state index contributed by atoms with van der Waals surface area (Å²) in [4.78, 5) is 4.57. The van der Waals surface area contributed by atoms with Crippen LogP contribution < -0.4 is 0 Å². The number of hydrogen-bond acceptors (Lipinski definition) is 1. The summed E-state index contributed by atoms with van der Waals surface area (Å²) >= 11 is 0. The van der Waals surface area contributed by atoms with Crippen molar-refractivity contribution in [2.45, 2.75) is 0 Å². The molecular formula is C15H10N2. The summed E-state index contributed by atoms with van der Waals surface area (Å²) in [7, 11) is 0. The van der Waals surface area contributed by atoms with E-state index in [1.54, 1.807) is 0 Å². The van der Waals surface area contributed by atoms with Crippen molar-refractivity contribution >= 4 is 22.8 Å². The Morgan fingerprint density at radius 1 is 0.882 bits per heavy atom. The minimum absolute atomic E-state index is 1.03. The van der Waals surface area contributed by atoms with Gasteiger partial charge in [0, 0.05) is 23.4 Å². The molecule has 2 aromatic carbocycles. The zero-order chi connectivity index (χ0) is 11.2. The van der Waals surface area contributed by atoms with Crippen LogP contribution in [0.25, 0.3) is 16.6 Å². The van der Waals surface area contributed by atoms with Gasteiger partial charge in [0.2, 0.25) is 0 Å². The van der Waals surface area contributed by atoms with Crippen LogP contribution >= 0.6 is 0 Å². The average Bonchev–Trinajstić information content (AvgIpc) is 2.73. The van der Waals surface area contributed by atoms with E-state index in [9.17, 15) is 0 Å². The molecule has 0 unspecified atom stereocenters. The second-order valence-electron chi connectivity index (χ2n) is 4.22. The molecule has 0 fully saturated rings. The van der Waals surface area contributed by atoms with Crippen molar-refractivity contribution in [1.82, 2.24) is 4.57 Å². The van der Waals surface area contributed by atoms with Gasteiger partial charge in [-0.1, -0.05) is 30.3 Å². The van der Waals surface area contributed by atoms with Gasteiger partial charge in [-0.15, -0.1) is 0 Å². The lowest BCUT2D eigenvalue weighted by molar-refractivity contribution is 1.13. The van der Waals surface area contributed by atoms with E-state index in [1.165, 1.54) is 16.6 Å². The lowest BCUT2D eigenvalue weighted by Gasteiger charge is -2.07. The highest BCUT2D eigenvalue weighted by atomic mass is 15.0. The van der Waals surface area contributed by atoms with Crippen LogP contribution in [-0.4, -0.2) is 10.8 Å². The highest BCUT2D eigenvalue weighted by molar-refractivity contribution is 5.98. The van der Waals surface area contributed by atoms with Crippen molar-refractivity contribution < 1.29 is 0 Å². The summed E-state index contributed by atoms with van der Waals surface area (Å²) in [5.41, 5.74) is 4.56. The van der Waals surface area contributed by atoms with Crippen molar-refractivity contribution in [3.05, 3.63) is 60.3 Å². The van der Waals surface area contributed by atoms with Crippen molar-refractivity contribution in [2.75, 3.05) is 0 Å². The Bertz CT molecular complexity index is 750. The van der Waals surface area contributed by atoms with Crippen LogP contribution in [0.2, 0.25) is 0 Å². The summed E-state index contributed by atoms with van der Waals surface area (Å²) in [5.74, 6) is 0. The molecular weight excluding hydrogens is 208 g/mol. The number of aromatic nitrogens is 1. The van der Waals surface area contributed by atoms with Crippen LogP contribution in [0.5, 0.6) is 0 Å². The van der Waals surface area contributed by atoms with E-state index in [0.717, 1.165) is 11.3 Å². The van der Waals surface area contributed by atoms with Gasteiger partial charge in [-0.25, -0.2) is 0 Å². The fourth-order valence-corrected chi connectivity index (χ4v) is 2.44. The van der Waals surface area contributed by atoms with Crippen molar-refractivity contribution in [2.24, 2.45) is 4.99 Å². The van der Waals surface area contributed by atoms with Crippen LogP contribution in [0.4, 0.5) is 5.69 Å². The van der Waals surface area contributed by atoms with Gasteiger partial charge in [0.1, 0.15) is 0 Å². The van der Waals surface area contributed by atoms with E-state index in [-0.39, 0.29) is 0 Å². The van der Waals surface area contributed by atoms with E-state index in [2.05, 4.69) is 58.2 Å². The summed E-state index contributed by atoms with van der Waals surface area (Å²) in [6.07, 6.45) is 4.05. The molecule has 1 aliphatic heterocycles. The largest absolute Gasteiger partial charge is 0.314 e. The number of nitrogens with zero attached hydrogens (tertiary/aromatic N) is 2. The van der Waals surface area contributed by atoms with Crippen LogP contribution in [0.15, 0.2) is 59.7 Å². The van der Waals surface area contributed by atoms with Gasteiger partial charge in [-0.3, -0.25) is 4.99 Å². The summed E-state index contributed by atoms with van der Waals surface area (Å²) in [5, 5.41) is 1.23. The van der Waals surface area contributed by atoms with Crippen molar-refractivity contribution in [1.29, 1.82) is 0 Å². The molecule has 2 heteroatoms. The Balaban J connectivity index is 2.23. The molecule has 0 aliphatic carbocycles. The number of para-hydroxylation sites is 2. The van der Waals surface area contributed by atoms with Gasteiger partial charge in [-0.2, -0.15) is 0 Å². The standard InChI is InChI=1S/C15H10N2/c1-2-7-14-12(4-1)10-16-13-6-3-5-11-8-9-17(14)15(11)13/h1-10H. The monoisotopic (exact) mass is 218 g/mol. The number of aliphatic imine (C=N–C) groups is 1. The Labute approximate surface area is 98.8 Å². The second kappa shape index (κ2) is 3.08. The number of benzene rings is 2. The van der Waals surface area contributed by atoms with Gasteiger partial charge in [0.15, 0.2) is 0 Å². The van der Waals surface area contributed by atoms with E-state index < -0.39 is 0 Å². The molecule has 3 aromatic rings. The van der Waals surface area contributed by atoms with Crippen LogP contribution in [-0.2, 0) is 0 Å². The zero-order valence-corrected chi connectivity index (χ0v) is 9.17. The fourth-order valence-electron chi connectivity index (χ4n) is 2.44. The van der Waals surface area contributed by atoms with Gasteiger partial charge in [-0.05, 0) is 18.2 Å². The van der Waals surface area contributed by atoms with E-state index in [1.807, 2.05) is 12.3 Å².